The van der Waals surface area contributed by atoms with Crippen LogP contribution in [0.15, 0.2) is 24.3 Å². The number of hydrogen-bond acceptors (Lipinski definition) is 2. The number of nitrogen functional groups attached to an aromatic ring is 1. The number of benzene rings is 1. The molecule has 1 amide bonds. The highest BCUT2D eigenvalue weighted by atomic mass is 16.2. The average molecular weight is 230 g/mol. The molecule has 0 bridgehead atoms. The molecular formula is C14H18N2O. The van der Waals surface area contributed by atoms with E-state index in [1.54, 1.807) is 6.07 Å². The molecule has 1 saturated heterocycles. The zero-order valence-corrected chi connectivity index (χ0v) is 9.93. The summed E-state index contributed by atoms with van der Waals surface area (Å²) in [4.78, 5) is 14.3. The lowest BCUT2D eigenvalue weighted by Crippen LogP contribution is -2.29. The minimum Gasteiger partial charge on any atom is -0.399 e. The molecule has 17 heavy (non-hydrogen) atoms. The van der Waals surface area contributed by atoms with Crippen molar-refractivity contribution in [3.63, 3.8) is 0 Å². The highest BCUT2D eigenvalue weighted by Crippen LogP contribution is 2.38. The van der Waals surface area contributed by atoms with E-state index in [4.69, 9.17) is 5.73 Å². The van der Waals surface area contributed by atoms with E-state index < -0.39 is 0 Å². The topological polar surface area (TPSA) is 46.3 Å². The molecule has 90 valence electrons. The second-order valence-corrected chi connectivity index (χ2v) is 5.29. The third-order valence-corrected chi connectivity index (χ3v) is 4.15. The van der Waals surface area contributed by atoms with Crippen LogP contribution in [0.4, 0.5) is 5.69 Å². The third-order valence-electron chi connectivity index (χ3n) is 4.15. The maximum absolute atomic E-state index is 12.3. The Morgan fingerprint density at radius 2 is 1.94 bits per heavy atom. The fourth-order valence-corrected chi connectivity index (χ4v) is 3.26. The summed E-state index contributed by atoms with van der Waals surface area (Å²) in [5, 5.41) is 0. The van der Waals surface area contributed by atoms with E-state index in [9.17, 15) is 4.79 Å². The molecule has 1 aliphatic carbocycles. The molecule has 1 saturated carbocycles. The first kappa shape index (κ1) is 10.6. The van der Waals surface area contributed by atoms with E-state index in [2.05, 4.69) is 0 Å². The number of anilines is 1. The van der Waals surface area contributed by atoms with Gasteiger partial charge in [0, 0.05) is 24.3 Å². The minimum atomic E-state index is 0.145. The SMILES string of the molecule is Nc1cccc(C(=O)N2CC3CCCC3C2)c1. The average Bonchev–Trinajstić information content (AvgIpc) is 2.88. The number of hydrogen-bond donors (Lipinski definition) is 1. The summed E-state index contributed by atoms with van der Waals surface area (Å²) >= 11 is 0. The fraction of sp³-hybridized carbons (Fsp3) is 0.500. The van der Waals surface area contributed by atoms with Gasteiger partial charge < -0.3 is 10.6 Å². The largest absolute Gasteiger partial charge is 0.399 e. The lowest BCUT2D eigenvalue weighted by Gasteiger charge is -2.17. The smallest absolute Gasteiger partial charge is 0.253 e. The Morgan fingerprint density at radius 3 is 2.59 bits per heavy atom. The van der Waals surface area contributed by atoms with Crippen LogP contribution in [0, 0.1) is 11.8 Å². The van der Waals surface area contributed by atoms with Crippen molar-refractivity contribution < 1.29 is 4.79 Å². The number of amides is 1. The molecule has 2 aliphatic rings. The van der Waals surface area contributed by atoms with Crippen LogP contribution in [0.3, 0.4) is 0 Å². The number of nitrogens with two attached hydrogens (primary N) is 1. The first-order chi connectivity index (χ1) is 8.24. The van der Waals surface area contributed by atoms with Crippen LogP contribution in [-0.4, -0.2) is 23.9 Å². The normalized spacial score (nSPS) is 27.2. The molecule has 1 aromatic carbocycles. The van der Waals surface area contributed by atoms with E-state index in [1.807, 2.05) is 23.1 Å². The number of carbonyl (C=O) groups excluding carboxylic acids is 1. The van der Waals surface area contributed by atoms with Crippen molar-refractivity contribution in [3.05, 3.63) is 29.8 Å². The molecule has 1 heterocycles. The van der Waals surface area contributed by atoms with E-state index >= 15 is 0 Å². The highest BCUT2D eigenvalue weighted by Gasteiger charge is 2.38. The fourth-order valence-electron chi connectivity index (χ4n) is 3.26. The first-order valence-electron chi connectivity index (χ1n) is 6.39. The summed E-state index contributed by atoms with van der Waals surface area (Å²) in [6.07, 6.45) is 3.94. The van der Waals surface area contributed by atoms with Crippen molar-refractivity contribution in [2.75, 3.05) is 18.8 Å². The Balaban J connectivity index is 1.75. The first-order valence-corrected chi connectivity index (χ1v) is 6.39. The summed E-state index contributed by atoms with van der Waals surface area (Å²) in [7, 11) is 0. The maximum Gasteiger partial charge on any atom is 0.253 e. The Bertz CT molecular complexity index is 432. The van der Waals surface area contributed by atoms with Gasteiger partial charge in [-0.2, -0.15) is 0 Å². The van der Waals surface area contributed by atoms with Crippen molar-refractivity contribution in [3.8, 4) is 0 Å². The molecular weight excluding hydrogens is 212 g/mol. The van der Waals surface area contributed by atoms with E-state index in [-0.39, 0.29) is 5.91 Å². The van der Waals surface area contributed by atoms with Crippen molar-refractivity contribution >= 4 is 11.6 Å². The predicted octanol–water partition coefficient (Wildman–Crippen LogP) is 2.14. The quantitative estimate of drug-likeness (QED) is 0.751. The Morgan fingerprint density at radius 1 is 1.24 bits per heavy atom. The Labute approximate surface area is 102 Å². The number of carbonyl (C=O) groups is 1. The van der Waals surface area contributed by atoms with Gasteiger partial charge in [0.05, 0.1) is 0 Å². The van der Waals surface area contributed by atoms with Crippen molar-refractivity contribution in [2.45, 2.75) is 19.3 Å². The minimum absolute atomic E-state index is 0.145. The molecule has 2 unspecified atom stereocenters. The zero-order chi connectivity index (χ0) is 11.8. The van der Waals surface area contributed by atoms with Gasteiger partial charge in [-0.05, 0) is 42.9 Å². The van der Waals surface area contributed by atoms with Gasteiger partial charge in [-0.15, -0.1) is 0 Å². The molecule has 0 spiro atoms. The molecule has 2 atom stereocenters. The van der Waals surface area contributed by atoms with Crippen LogP contribution >= 0.6 is 0 Å². The second kappa shape index (κ2) is 4.06. The van der Waals surface area contributed by atoms with Crippen LogP contribution in [0.5, 0.6) is 0 Å². The Kier molecular flexibility index (Phi) is 2.54. The van der Waals surface area contributed by atoms with Gasteiger partial charge >= 0.3 is 0 Å². The van der Waals surface area contributed by atoms with Gasteiger partial charge in [-0.3, -0.25) is 4.79 Å². The molecule has 3 nitrogen and oxygen atoms in total. The van der Waals surface area contributed by atoms with Crippen LogP contribution in [0.1, 0.15) is 29.6 Å². The molecule has 1 aromatic rings. The maximum atomic E-state index is 12.3. The Hall–Kier alpha value is -1.51. The lowest BCUT2D eigenvalue weighted by atomic mass is 10.0. The van der Waals surface area contributed by atoms with Gasteiger partial charge in [0.2, 0.25) is 0 Å². The van der Waals surface area contributed by atoms with E-state index in [0.717, 1.165) is 30.5 Å². The summed E-state index contributed by atoms with van der Waals surface area (Å²) < 4.78 is 0. The molecule has 3 rings (SSSR count). The number of nitrogens with zero attached hydrogens (tertiary/aromatic N) is 1. The molecule has 2 fully saturated rings. The number of fused-ring (bicyclic) bond motifs is 1. The van der Waals surface area contributed by atoms with Crippen LogP contribution in [-0.2, 0) is 0 Å². The van der Waals surface area contributed by atoms with Gasteiger partial charge in [0.1, 0.15) is 0 Å². The molecule has 0 radical (unpaired) electrons. The summed E-state index contributed by atoms with van der Waals surface area (Å²) in [6.45, 7) is 1.89. The standard InChI is InChI=1S/C14H18N2O/c15-13-6-2-3-10(7-13)14(17)16-8-11-4-1-5-12(11)9-16/h2-3,6-7,11-12H,1,4-5,8-9,15H2. The zero-order valence-electron chi connectivity index (χ0n) is 9.93. The van der Waals surface area contributed by atoms with E-state index in [0.29, 0.717) is 5.69 Å². The van der Waals surface area contributed by atoms with Gasteiger partial charge in [-0.1, -0.05) is 12.5 Å². The van der Waals surface area contributed by atoms with Crippen molar-refractivity contribution in [1.82, 2.24) is 4.90 Å². The van der Waals surface area contributed by atoms with Crippen molar-refractivity contribution in [1.29, 1.82) is 0 Å². The molecule has 0 aromatic heterocycles. The predicted molar refractivity (Wildman–Crippen MR) is 67.6 cm³/mol. The molecule has 1 aliphatic heterocycles. The number of rotatable bonds is 1. The van der Waals surface area contributed by atoms with Crippen LogP contribution in [0.2, 0.25) is 0 Å². The van der Waals surface area contributed by atoms with Crippen LogP contribution < -0.4 is 5.73 Å². The second-order valence-electron chi connectivity index (χ2n) is 5.29. The van der Waals surface area contributed by atoms with Gasteiger partial charge in [0.25, 0.3) is 5.91 Å². The summed E-state index contributed by atoms with van der Waals surface area (Å²) in [5.41, 5.74) is 7.11. The monoisotopic (exact) mass is 230 g/mol. The third kappa shape index (κ3) is 1.90. The highest BCUT2D eigenvalue weighted by molar-refractivity contribution is 5.95. The molecule has 2 N–H and O–H groups in total. The van der Waals surface area contributed by atoms with Gasteiger partial charge in [-0.25, -0.2) is 0 Å². The molecule has 3 heteroatoms. The summed E-state index contributed by atoms with van der Waals surface area (Å²) in [5.74, 6) is 1.65. The lowest BCUT2D eigenvalue weighted by molar-refractivity contribution is 0.0780. The van der Waals surface area contributed by atoms with Gasteiger partial charge in [0.15, 0.2) is 0 Å². The van der Waals surface area contributed by atoms with Crippen LogP contribution in [0.25, 0.3) is 0 Å². The number of likely N-dealkylation sites (tertiary alicyclic amines) is 1. The summed E-state index contributed by atoms with van der Waals surface area (Å²) in [6, 6.07) is 7.29. The van der Waals surface area contributed by atoms with Crippen molar-refractivity contribution in [2.24, 2.45) is 11.8 Å². The van der Waals surface area contributed by atoms with E-state index in [1.165, 1.54) is 19.3 Å².